The second-order valence-electron chi connectivity index (χ2n) is 3.77. The highest BCUT2D eigenvalue weighted by Gasteiger charge is 2.19. The van der Waals surface area contributed by atoms with E-state index >= 15 is 0 Å². The van der Waals surface area contributed by atoms with Gasteiger partial charge in [0.05, 0.1) is 0 Å². The lowest BCUT2D eigenvalue weighted by Crippen LogP contribution is -2.30. The Morgan fingerprint density at radius 3 is 2.50 bits per heavy atom. The van der Waals surface area contributed by atoms with Crippen molar-refractivity contribution in [3.05, 3.63) is 23.8 Å². The minimum Gasteiger partial charge on any atom is -0.355 e. The fourth-order valence-electron chi connectivity index (χ4n) is 1.62. The highest BCUT2D eigenvalue weighted by Crippen LogP contribution is 2.08. The number of hydrogen-bond donors (Lipinski definition) is 2. The van der Waals surface area contributed by atoms with Gasteiger partial charge in [0.15, 0.2) is 0 Å². The van der Waals surface area contributed by atoms with Crippen LogP contribution in [-0.4, -0.2) is 29.9 Å². The number of hydrogen-bond acceptors (Lipinski definition) is 2. The maximum atomic E-state index is 7.84. The van der Waals surface area contributed by atoms with Gasteiger partial charge in [0.25, 0.3) is 0 Å². The van der Waals surface area contributed by atoms with Gasteiger partial charge in [0, 0.05) is 19.1 Å². The molecule has 16 heavy (non-hydrogen) atoms. The summed E-state index contributed by atoms with van der Waals surface area (Å²) >= 11 is 0. The third kappa shape index (κ3) is 5.12. The van der Waals surface area contributed by atoms with Crippen LogP contribution in [0.2, 0.25) is 0 Å². The van der Waals surface area contributed by atoms with Crippen LogP contribution in [0, 0.1) is 5.41 Å². The first-order valence-electron chi connectivity index (χ1n) is 6.03. The van der Waals surface area contributed by atoms with Crippen LogP contribution in [0.15, 0.2) is 23.8 Å². The molecule has 0 amide bonds. The third-order valence-corrected chi connectivity index (χ3v) is 2.36. The highest BCUT2D eigenvalue weighted by atomic mass is 15.2. The van der Waals surface area contributed by atoms with E-state index in [0.717, 1.165) is 25.1 Å². The van der Waals surface area contributed by atoms with Crippen LogP contribution in [0.25, 0.3) is 0 Å². The molecule has 1 fully saturated rings. The standard InChI is InChI=1S/C11H19N3.C2H6/c1-3-4-9(2)7-11(13)14-6-5-10(12)8-14;1-2/h3-4,7,10,13H,5-6,8,12H2,1-2H3;1-2H3/b4-3-,9-7-,13-11?;. The third-order valence-electron chi connectivity index (χ3n) is 2.36. The lowest BCUT2D eigenvalue weighted by Gasteiger charge is -2.16. The summed E-state index contributed by atoms with van der Waals surface area (Å²) in [6.45, 7) is 9.72. The van der Waals surface area contributed by atoms with Crippen molar-refractivity contribution < 1.29 is 0 Å². The Hall–Kier alpha value is -1.09. The van der Waals surface area contributed by atoms with Crippen molar-refractivity contribution in [2.45, 2.75) is 40.2 Å². The summed E-state index contributed by atoms with van der Waals surface area (Å²) in [4.78, 5) is 2.03. The van der Waals surface area contributed by atoms with E-state index in [4.69, 9.17) is 11.1 Å². The van der Waals surface area contributed by atoms with E-state index < -0.39 is 0 Å². The molecule has 0 saturated carbocycles. The van der Waals surface area contributed by atoms with Gasteiger partial charge in [-0.15, -0.1) is 0 Å². The zero-order valence-corrected chi connectivity index (χ0v) is 11.0. The predicted octanol–water partition coefficient (Wildman–Crippen LogP) is 2.55. The molecule has 1 unspecified atom stereocenters. The molecule has 3 heteroatoms. The zero-order valence-electron chi connectivity index (χ0n) is 11.0. The largest absolute Gasteiger partial charge is 0.355 e. The Morgan fingerprint density at radius 1 is 1.44 bits per heavy atom. The van der Waals surface area contributed by atoms with Gasteiger partial charge in [-0.25, -0.2) is 0 Å². The van der Waals surface area contributed by atoms with Gasteiger partial charge in [-0.1, -0.05) is 26.0 Å². The second-order valence-corrected chi connectivity index (χ2v) is 3.77. The SMILES string of the molecule is C/C=C\C(C)=C/C(=N)N1CCC(N)C1.CC. The van der Waals surface area contributed by atoms with Crippen LogP contribution >= 0.6 is 0 Å². The second kappa shape index (κ2) is 8.11. The number of allylic oxidation sites excluding steroid dienone is 3. The molecule has 0 aromatic heterocycles. The zero-order chi connectivity index (χ0) is 12.6. The fourth-order valence-corrected chi connectivity index (χ4v) is 1.62. The molecule has 0 radical (unpaired) electrons. The first kappa shape index (κ1) is 14.9. The number of nitrogens with zero attached hydrogens (tertiary/aromatic N) is 1. The molecule has 0 bridgehead atoms. The van der Waals surface area contributed by atoms with Crippen LogP contribution in [-0.2, 0) is 0 Å². The Labute approximate surface area is 99.5 Å². The minimum atomic E-state index is 0.241. The van der Waals surface area contributed by atoms with Gasteiger partial charge in [0.1, 0.15) is 5.84 Å². The molecule has 1 atom stereocenters. The molecule has 92 valence electrons. The van der Waals surface area contributed by atoms with Gasteiger partial charge in [-0.3, -0.25) is 5.41 Å². The van der Waals surface area contributed by atoms with Crippen molar-refractivity contribution in [1.82, 2.24) is 4.90 Å². The Morgan fingerprint density at radius 2 is 2.06 bits per heavy atom. The number of likely N-dealkylation sites (tertiary alicyclic amines) is 1. The topological polar surface area (TPSA) is 53.1 Å². The van der Waals surface area contributed by atoms with Crippen molar-refractivity contribution >= 4 is 5.84 Å². The summed E-state index contributed by atoms with van der Waals surface area (Å²) < 4.78 is 0. The maximum Gasteiger partial charge on any atom is 0.120 e. The van der Waals surface area contributed by atoms with Crippen molar-refractivity contribution in [2.24, 2.45) is 5.73 Å². The van der Waals surface area contributed by atoms with Crippen LogP contribution in [0.1, 0.15) is 34.1 Å². The Balaban J connectivity index is 0.00000106. The van der Waals surface area contributed by atoms with Gasteiger partial charge >= 0.3 is 0 Å². The summed E-state index contributed by atoms with van der Waals surface area (Å²) in [6, 6.07) is 0.241. The molecule has 1 rings (SSSR count). The Kier molecular flexibility index (Phi) is 7.56. The van der Waals surface area contributed by atoms with E-state index in [1.165, 1.54) is 0 Å². The smallest absolute Gasteiger partial charge is 0.120 e. The van der Waals surface area contributed by atoms with Crippen molar-refractivity contribution in [2.75, 3.05) is 13.1 Å². The summed E-state index contributed by atoms with van der Waals surface area (Å²) in [5.74, 6) is 0.577. The molecule has 0 spiro atoms. The molecule has 0 aromatic carbocycles. The molecule has 0 aliphatic carbocycles. The van der Waals surface area contributed by atoms with Crippen molar-refractivity contribution in [3.8, 4) is 0 Å². The van der Waals surface area contributed by atoms with Gasteiger partial charge in [-0.2, -0.15) is 0 Å². The average molecular weight is 223 g/mol. The first-order valence-corrected chi connectivity index (χ1v) is 6.03. The van der Waals surface area contributed by atoms with Crippen LogP contribution in [0.5, 0.6) is 0 Å². The maximum absolute atomic E-state index is 7.84. The van der Waals surface area contributed by atoms with E-state index in [9.17, 15) is 0 Å². The van der Waals surface area contributed by atoms with E-state index in [2.05, 4.69) is 0 Å². The van der Waals surface area contributed by atoms with Gasteiger partial charge in [-0.05, 0) is 31.9 Å². The summed E-state index contributed by atoms with van der Waals surface area (Å²) in [5, 5.41) is 7.84. The van der Waals surface area contributed by atoms with Crippen molar-refractivity contribution in [3.63, 3.8) is 0 Å². The lowest BCUT2D eigenvalue weighted by molar-refractivity contribution is 0.509. The number of nitrogens with one attached hydrogen (secondary N) is 1. The minimum absolute atomic E-state index is 0.241. The highest BCUT2D eigenvalue weighted by molar-refractivity contribution is 5.91. The Bertz CT molecular complexity index is 266. The molecule has 3 nitrogen and oxygen atoms in total. The van der Waals surface area contributed by atoms with E-state index in [1.807, 2.05) is 50.8 Å². The van der Waals surface area contributed by atoms with Gasteiger partial charge < -0.3 is 10.6 Å². The summed E-state index contributed by atoms with van der Waals surface area (Å²) in [7, 11) is 0. The van der Waals surface area contributed by atoms with E-state index in [1.54, 1.807) is 0 Å². The molecule has 1 heterocycles. The molecular formula is C13H25N3. The number of nitrogens with two attached hydrogens (primary N) is 1. The lowest BCUT2D eigenvalue weighted by atomic mass is 10.2. The average Bonchev–Trinajstić information content (AvgIpc) is 2.68. The molecule has 1 aliphatic heterocycles. The number of amidine groups is 1. The monoisotopic (exact) mass is 223 g/mol. The molecular weight excluding hydrogens is 198 g/mol. The quantitative estimate of drug-likeness (QED) is 0.429. The molecule has 1 aliphatic rings. The predicted molar refractivity (Wildman–Crippen MR) is 71.8 cm³/mol. The van der Waals surface area contributed by atoms with Crippen LogP contribution in [0.4, 0.5) is 0 Å². The normalized spacial score (nSPS) is 20.9. The fraction of sp³-hybridized carbons (Fsp3) is 0.615. The summed E-state index contributed by atoms with van der Waals surface area (Å²) in [6.07, 6.45) is 6.87. The summed E-state index contributed by atoms with van der Waals surface area (Å²) in [5.41, 5.74) is 6.89. The van der Waals surface area contributed by atoms with Crippen molar-refractivity contribution in [1.29, 1.82) is 5.41 Å². The van der Waals surface area contributed by atoms with E-state index in [0.29, 0.717) is 5.84 Å². The van der Waals surface area contributed by atoms with Gasteiger partial charge in [0.2, 0.25) is 0 Å². The van der Waals surface area contributed by atoms with Crippen LogP contribution in [0.3, 0.4) is 0 Å². The first-order chi connectivity index (χ1) is 7.63. The molecule has 1 saturated heterocycles. The molecule has 0 aromatic rings. The van der Waals surface area contributed by atoms with Crippen LogP contribution < -0.4 is 5.73 Å². The molecule has 3 N–H and O–H groups in total. The van der Waals surface area contributed by atoms with E-state index in [-0.39, 0.29) is 6.04 Å². The number of rotatable bonds is 2.